The van der Waals surface area contributed by atoms with Crippen LogP contribution in [0.25, 0.3) is 11.1 Å². The second-order valence-corrected chi connectivity index (χ2v) is 8.77. The third-order valence-electron chi connectivity index (χ3n) is 5.81. The first-order valence-electron chi connectivity index (χ1n) is 11.0. The second-order valence-electron chi connectivity index (χ2n) is 8.77. The van der Waals surface area contributed by atoms with Crippen molar-refractivity contribution in [2.24, 2.45) is 11.3 Å². The quantitative estimate of drug-likeness (QED) is 0.752. The van der Waals surface area contributed by atoms with Crippen molar-refractivity contribution in [3.8, 4) is 11.1 Å². The molecule has 160 valence electrons. The van der Waals surface area contributed by atoms with E-state index in [1.165, 1.54) is 0 Å². The molecule has 5 heteroatoms. The molecule has 1 atom stereocenters. The van der Waals surface area contributed by atoms with Crippen LogP contribution in [0.15, 0.2) is 48.8 Å². The van der Waals surface area contributed by atoms with E-state index < -0.39 is 5.41 Å². The number of amides is 2. The number of piperidine rings is 1. The Morgan fingerprint density at radius 3 is 2.63 bits per heavy atom. The summed E-state index contributed by atoms with van der Waals surface area (Å²) in [6, 6.07) is 12.3. The van der Waals surface area contributed by atoms with Crippen LogP contribution in [0.3, 0.4) is 0 Å². The lowest BCUT2D eigenvalue weighted by Gasteiger charge is -2.42. The maximum absolute atomic E-state index is 13.2. The van der Waals surface area contributed by atoms with Crippen molar-refractivity contribution in [2.45, 2.75) is 46.5 Å². The Hall–Kier alpha value is -2.69. The summed E-state index contributed by atoms with van der Waals surface area (Å²) in [5.74, 6) is 0.528. The minimum absolute atomic E-state index is 0.0568. The summed E-state index contributed by atoms with van der Waals surface area (Å²) < 4.78 is 0. The molecule has 1 aromatic heterocycles. The van der Waals surface area contributed by atoms with Crippen molar-refractivity contribution in [1.29, 1.82) is 0 Å². The van der Waals surface area contributed by atoms with Gasteiger partial charge in [-0.15, -0.1) is 0 Å². The highest BCUT2D eigenvalue weighted by Crippen LogP contribution is 2.35. The molecule has 1 N–H and O–H groups in total. The first-order valence-corrected chi connectivity index (χ1v) is 11.0. The van der Waals surface area contributed by atoms with Gasteiger partial charge in [-0.3, -0.25) is 14.6 Å². The lowest BCUT2D eigenvalue weighted by Crippen LogP contribution is -2.54. The van der Waals surface area contributed by atoms with Crippen LogP contribution in [0.5, 0.6) is 0 Å². The number of benzene rings is 1. The van der Waals surface area contributed by atoms with Crippen molar-refractivity contribution in [2.75, 3.05) is 19.6 Å². The fourth-order valence-corrected chi connectivity index (χ4v) is 4.38. The normalized spacial score (nSPS) is 19.0. The summed E-state index contributed by atoms with van der Waals surface area (Å²) in [4.78, 5) is 32.0. The van der Waals surface area contributed by atoms with Gasteiger partial charge >= 0.3 is 0 Å². The van der Waals surface area contributed by atoms with Crippen molar-refractivity contribution >= 4 is 11.8 Å². The van der Waals surface area contributed by atoms with Gasteiger partial charge < -0.3 is 10.2 Å². The zero-order valence-corrected chi connectivity index (χ0v) is 18.4. The van der Waals surface area contributed by atoms with E-state index in [0.29, 0.717) is 31.8 Å². The summed E-state index contributed by atoms with van der Waals surface area (Å²) in [5.41, 5.74) is 2.76. The Morgan fingerprint density at radius 1 is 1.17 bits per heavy atom. The van der Waals surface area contributed by atoms with E-state index in [0.717, 1.165) is 36.1 Å². The van der Waals surface area contributed by atoms with Gasteiger partial charge in [0.05, 0.1) is 5.41 Å². The van der Waals surface area contributed by atoms with E-state index in [4.69, 9.17) is 0 Å². The molecule has 2 aromatic rings. The number of nitrogens with one attached hydrogen (secondary N) is 1. The number of pyridine rings is 1. The molecule has 2 amide bonds. The molecule has 1 aliphatic rings. The van der Waals surface area contributed by atoms with Gasteiger partial charge in [0.2, 0.25) is 11.8 Å². The molecule has 0 radical (unpaired) electrons. The zero-order chi connectivity index (χ0) is 21.6. The van der Waals surface area contributed by atoms with Crippen LogP contribution in [0, 0.1) is 11.3 Å². The molecular weight excluding hydrogens is 374 g/mol. The monoisotopic (exact) mass is 407 g/mol. The minimum atomic E-state index is -0.586. The molecule has 2 heterocycles. The van der Waals surface area contributed by atoms with E-state index >= 15 is 0 Å². The molecule has 0 bridgehead atoms. The van der Waals surface area contributed by atoms with Crippen LogP contribution < -0.4 is 5.32 Å². The fraction of sp³-hybridized carbons (Fsp3) is 0.480. The van der Waals surface area contributed by atoms with E-state index in [1.54, 1.807) is 12.4 Å². The van der Waals surface area contributed by atoms with Crippen LogP contribution in [0.4, 0.5) is 0 Å². The maximum atomic E-state index is 13.2. The number of aromatic nitrogens is 1. The van der Waals surface area contributed by atoms with Gasteiger partial charge in [-0.05, 0) is 60.9 Å². The smallest absolute Gasteiger partial charge is 0.228 e. The lowest BCUT2D eigenvalue weighted by molar-refractivity contribution is -0.142. The first kappa shape index (κ1) is 22.0. The molecule has 0 aliphatic carbocycles. The van der Waals surface area contributed by atoms with Crippen molar-refractivity contribution in [3.05, 3.63) is 54.4 Å². The number of hydrogen-bond acceptors (Lipinski definition) is 3. The SMILES string of the molecule is CCNC(=O)[C@@]1(Cc2cccc(-c3ccncc3)c2)CCCN(C(=O)CC(C)C)C1. The molecule has 0 saturated carbocycles. The van der Waals surface area contributed by atoms with Gasteiger partial charge in [-0.25, -0.2) is 0 Å². The lowest BCUT2D eigenvalue weighted by atomic mass is 9.73. The van der Waals surface area contributed by atoms with Gasteiger partial charge in [0.15, 0.2) is 0 Å². The highest BCUT2D eigenvalue weighted by molar-refractivity contribution is 5.85. The molecule has 1 fully saturated rings. The predicted molar refractivity (Wildman–Crippen MR) is 120 cm³/mol. The number of carbonyl (C=O) groups is 2. The number of nitrogens with zero attached hydrogens (tertiary/aromatic N) is 2. The summed E-state index contributed by atoms with van der Waals surface area (Å²) in [7, 11) is 0. The van der Waals surface area contributed by atoms with Gasteiger partial charge in [-0.2, -0.15) is 0 Å². The van der Waals surface area contributed by atoms with Gasteiger partial charge in [0.1, 0.15) is 0 Å². The Balaban J connectivity index is 1.87. The van der Waals surface area contributed by atoms with Gasteiger partial charge in [0.25, 0.3) is 0 Å². The summed E-state index contributed by atoms with van der Waals surface area (Å²) >= 11 is 0. The predicted octanol–water partition coefficient (Wildman–Crippen LogP) is 4.08. The van der Waals surface area contributed by atoms with Crippen LogP contribution in [0.2, 0.25) is 0 Å². The highest BCUT2D eigenvalue weighted by Gasteiger charge is 2.43. The zero-order valence-electron chi connectivity index (χ0n) is 18.4. The fourth-order valence-electron chi connectivity index (χ4n) is 4.38. The molecule has 1 aliphatic heterocycles. The van der Waals surface area contributed by atoms with Crippen LogP contribution >= 0.6 is 0 Å². The average molecular weight is 408 g/mol. The maximum Gasteiger partial charge on any atom is 0.228 e. The molecular formula is C25H33N3O2. The third-order valence-corrected chi connectivity index (χ3v) is 5.81. The molecule has 5 nitrogen and oxygen atoms in total. The number of carbonyl (C=O) groups excluding carboxylic acids is 2. The van der Waals surface area contributed by atoms with Crippen LogP contribution in [-0.4, -0.2) is 41.3 Å². The van der Waals surface area contributed by atoms with E-state index in [1.807, 2.05) is 30.0 Å². The topological polar surface area (TPSA) is 62.3 Å². The van der Waals surface area contributed by atoms with E-state index in [-0.39, 0.29) is 11.8 Å². The molecule has 30 heavy (non-hydrogen) atoms. The molecule has 0 spiro atoms. The number of hydrogen-bond donors (Lipinski definition) is 1. The third kappa shape index (κ3) is 5.26. The van der Waals surface area contributed by atoms with Crippen LogP contribution in [-0.2, 0) is 16.0 Å². The average Bonchev–Trinajstić information content (AvgIpc) is 2.74. The van der Waals surface area contributed by atoms with E-state index in [2.05, 4.69) is 42.3 Å². The molecule has 3 rings (SSSR count). The molecule has 0 unspecified atom stereocenters. The summed E-state index contributed by atoms with van der Waals surface area (Å²) in [6.45, 7) is 7.89. The van der Waals surface area contributed by atoms with Crippen LogP contribution in [0.1, 0.15) is 45.6 Å². The molecule has 1 aromatic carbocycles. The van der Waals surface area contributed by atoms with Gasteiger partial charge in [-0.1, -0.05) is 38.1 Å². The first-order chi connectivity index (χ1) is 14.4. The van der Waals surface area contributed by atoms with Gasteiger partial charge in [0, 0.05) is 38.4 Å². The minimum Gasteiger partial charge on any atom is -0.356 e. The summed E-state index contributed by atoms with van der Waals surface area (Å²) in [6.07, 6.45) is 6.39. The summed E-state index contributed by atoms with van der Waals surface area (Å²) in [5, 5.41) is 3.04. The Morgan fingerprint density at radius 2 is 1.93 bits per heavy atom. The van der Waals surface area contributed by atoms with Crippen molar-refractivity contribution in [1.82, 2.24) is 15.2 Å². The molecule has 1 saturated heterocycles. The van der Waals surface area contributed by atoms with E-state index in [9.17, 15) is 9.59 Å². The second kappa shape index (κ2) is 9.88. The highest BCUT2D eigenvalue weighted by atomic mass is 16.2. The Bertz CT molecular complexity index is 866. The standard InChI is InChI=1S/C25H33N3O2/c1-4-27-24(30)25(11-6-14-28(18-25)23(29)15-19(2)3)17-20-7-5-8-22(16-20)21-9-12-26-13-10-21/h5,7-10,12-13,16,19H,4,6,11,14-15,17-18H2,1-3H3,(H,27,30)/t25-/m1/s1. The number of rotatable bonds is 7. The number of likely N-dealkylation sites (tertiary alicyclic amines) is 1. The van der Waals surface area contributed by atoms with Crippen molar-refractivity contribution in [3.63, 3.8) is 0 Å². The van der Waals surface area contributed by atoms with Crippen molar-refractivity contribution < 1.29 is 9.59 Å². The largest absolute Gasteiger partial charge is 0.356 e. The Labute approximate surface area is 179 Å². The Kier molecular flexibility index (Phi) is 7.24.